The van der Waals surface area contributed by atoms with Crippen LogP contribution in [0.15, 0.2) is 35.3 Å². The standard InChI is InChI=1S/C18H21N3O4/c1-2-25-18(24)21-9-7-12(8-10-21)20-17(23)14-11-19-15-6-4-3-5-13(15)16(14)22/h3-6,11-12H,2,7-10H2,1H3,(H,19,22)(H,20,23). The van der Waals surface area contributed by atoms with E-state index in [2.05, 4.69) is 10.3 Å². The van der Waals surface area contributed by atoms with Crippen molar-refractivity contribution in [3.63, 3.8) is 0 Å². The Labute approximate surface area is 145 Å². The normalized spacial score (nSPS) is 15.2. The molecule has 0 radical (unpaired) electrons. The number of aromatic nitrogens is 1. The Bertz CT molecular complexity index is 838. The first-order valence-corrected chi connectivity index (χ1v) is 8.43. The minimum Gasteiger partial charge on any atom is -0.450 e. The molecule has 0 bridgehead atoms. The molecule has 1 fully saturated rings. The number of para-hydroxylation sites is 1. The molecule has 2 heterocycles. The number of carbonyl (C=O) groups is 2. The molecule has 7 heteroatoms. The first kappa shape index (κ1) is 17.0. The van der Waals surface area contributed by atoms with Gasteiger partial charge in [0, 0.05) is 36.2 Å². The fraction of sp³-hybridized carbons (Fsp3) is 0.389. The van der Waals surface area contributed by atoms with E-state index < -0.39 is 0 Å². The maximum atomic E-state index is 12.5. The predicted molar refractivity (Wildman–Crippen MR) is 93.7 cm³/mol. The third-order valence-corrected chi connectivity index (χ3v) is 4.39. The molecule has 3 rings (SSSR count). The van der Waals surface area contributed by atoms with E-state index in [1.54, 1.807) is 30.0 Å². The minimum atomic E-state index is -0.387. The summed E-state index contributed by atoms with van der Waals surface area (Å²) in [7, 11) is 0. The zero-order valence-electron chi connectivity index (χ0n) is 14.1. The zero-order chi connectivity index (χ0) is 17.8. The first-order chi connectivity index (χ1) is 12.1. The lowest BCUT2D eigenvalue weighted by Crippen LogP contribution is -2.47. The number of H-pyrrole nitrogens is 1. The second kappa shape index (κ2) is 7.38. The van der Waals surface area contributed by atoms with E-state index in [0.29, 0.717) is 43.4 Å². The molecule has 0 spiro atoms. The highest BCUT2D eigenvalue weighted by Crippen LogP contribution is 2.13. The number of nitrogens with zero attached hydrogens (tertiary/aromatic N) is 1. The smallest absolute Gasteiger partial charge is 0.409 e. The summed E-state index contributed by atoms with van der Waals surface area (Å²) in [6.45, 7) is 3.17. The number of piperidine rings is 1. The van der Waals surface area contributed by atoms with Crippen LogP contribution in [-0.2, 0) is 4.74 Å². The number of pyridine rings is 1. The van der Waals surface area contributed by atoms with Gasteiger partial charge < -0.3 is 19.9 Å². The van der Waals surface area contributed by atoms with Crippen molar-refractivity contribution < 1.29 is 14.3 Å². The van der Waals surface area contributed by atoms with Crippen LogP contribution in [-0.4, -0.2) is 47.6 Å². The van der Waals surface area contributed by atoms with Crippen LogP contribution >= 0.6 is 0 Å². The number of nitrogens with one attached hydrogen (secondary N) is 2. The van der Waals surface area contributed by atoms with Crippen molar-refractivity contribution in [1.29, 1.82) is 0 Å². The maximum absolute atomic E-state index is 12.5. The van der Waals surface area contributed by atoms with E-state index in [-0.39, 0.29) is 29.0 Å². The van der Waals surface area contributed by atoms with Crippen LogP contribution in [0, 0.1) is 0 Å². The van der Waals surface area contributed by atoms with Crippen LogP contribution in [0.25, 0.3) is 10.9 Å². The molecule has 1 aromatic heterocycles. The number of ether oxygens (including phenoxy) is 1. The summed E-state index contributed by atoms with van der Waals surface area (Å²) in [5, 5.41) is 3.39. The number of fused-ring (bicyclic) bond motifs is 1. The predicted octanol–water partition coefficient (Wildman–Crippen LogP) is 1.88. The molecule has 0 aliphatic carbocycles. The van der Waals surface area contributed by atoms with Gasteiger partial charge in [-0.15, -0.1) is 0 Å². The molecular formula is C18H21N3O4. The third kappa shape index (κ3) is 3.65. The van der Waals surface area contributed by atoms with Crippen LogP contribution < -0.4 is 10.7 Å². The molecule has 25 heavy (non-hydrogen) atoms. The van der Waals surface area contributed by atoms with Crippen molar-refractivity contribution in [3.05, 3.63) is 46.2 Å². The molecular weight excluding hydrogens is 322 g/mol. The molecule has 0 saturated carbocycles. The van der Waals surface area contributed by atoms with Crippen molar-refractivity contribution in [2.24, 2.45) is 0 Å². The number of aromatic amines is 1. The molecule has 2 amide bonds. The average Bonchev–Trinajstić information content (AvgIpc) is 2.63. The Morgan fingerprint density at radius 2 is 2.00 bits per heavy atom. The zero-order valence-corrected chi connectivity index (χ0v) is 14.1. The van der Waals surface area contributed by atoms with Gasteiger partial charge >= 0.3 is 6.09 Å². The molecule has 0 unspecified atom stereocenters. The van der Waals surface area contributed by atoms with Gasteiger partial charge in [0.05, 0.1) is 6.61 Å². The topological polar surface area (TPSA) is 91.5 Å². The summed E-state index contributed by atoms with van der Waals surface area (Å²) in [6.07, 6.45) is 2.40. The second-order valence-corrected chi connectivity index (χ2v) is 6.01. The molecule has 1 aromatic carbocycles. The average molecular weight is 343 g/mol. The Hall–Kier alpha value is -2.83. The summed E-state index contributed by atoms with van der Waals surface area (Å²) in [5.41, 5.74) is 0.522. The van der Waals surface area contributed by atoms with E-state index in [9.17, 15) is 14.4 Å². The molecule has 2 N–H and O–H groups in total. The number of benzene rings is 1. The summed E-state index contributed by atoms with van der Waals surface area (Å²) >= 11 is 0. The fourth-order valence-corrected chi connectivity index (χ4v) is 3.02. The number of carbonyl (C=O) groups excluding carboxylic acids is 2. The molecule has 7 nitrogen and oxygen atoms in total. The second-order valence-electron chi connectivity index (χ2n) is 6.01. The van der Waals surface area contributed by atoms with Gasteiger partial charge in [0.2, 0.25) is 5.43 Å². The van der Waals surface area contributed by atoms with Crippen molar-refractivity contribution >= 4 is 22.9 Å². The number of hydrogen-bond acceptors (Lipinski definition) is 4. The van der Waals surface area contributed by atoms with E-state index in [1.165, 1.54) is 6.20 Å². The lowest BCUT2D eigenvalue weighted by Gasteiger charge is -2.31. The molecule has 1 aliphatic rings. The van der Waals surface area contributed by atoms with Gasteiger partial charge in [0.15, 0.2) is 0 Å². The van der Waals surface area contributed by atoms with Gasteiger partial charge in [-0.05, 0) is 31.9 Å². The van der Waals surface area contributed by atoms with E-state index >= 15 is 0 Å². The number of rotatable bonds is 3. The Kier molecular flexibility index (Phi) is 5.02. The Balaban J connectivity index is 1.65. The molecule has 132 valence electrons. The highest BCUT2D eigenvalue weighted by molar-refractivity contribution is 5.97. The lowest BCUT2D eigenvalue weighted by molar-refractivity contribution is 0.0859. The van der Waals surface area contributed by atoms with Crippen molar-refractivity contribution in [2.75, 3.05) is 19.7 Å². The lowest BCUT2D eigenvalue weighted by atomic mass is 10.0. The summed E-state index contributed by atoms with van der Waals surface area (Å²) in [5.74, 6) is -0.387. The highest BCUT2D eigenvalue weighted by Gasteiger charge is 2.25. The first-order valence-electron chi connectivity index (χ1n) is 8.43. The van der Waals surface area contributed by atoms with Crippen LogP contribution in [0.3, 0.4) is 0 Å². The maximum Gasteiger partial charge on any atom is 0.409 e. The monoisotopic (exact) mass is 343 g/mol. The highest BCUT2D eigenvalue weighted by atomic mass is 16.6. The minimum absolute atomic E-state index is 0.0657. The van der Waals surface area contributed by atoms with Gasteiger partial charge in [0.25, 0.3) is 5.91 Å². The van der Waals surface area contributed by atoms with Gasteiger partial charge in [-0.3, -0.25) is 9.59 Å². The summed E-state index contributed by atoms with van der Waals surface area (Å²) in [4.78, 5) is 41.2. The van der Waals surface area contributed by atoms with E-state index in [4.69, 9.17) is 4.74 Å². The van der Waals surface area contributed by atoms with Crippen molar-refractivity contribution in [3.8, 4) is 0 Å². The Morgan fingerprint density at radius 1 is 1.28 bits per heavy atom. The van der Waals surface area contributed by atoms with Crippen LogP contribution in [0.1, 0.15) is 30.1 Å². The Morgan fingerprint density at radius 3 is 2.72 bits per heavy atom. The fourth-order valence-electron chi connectivity index (χ4n) is 3.02. The summed E-state index contributed by atoms with van der Waals surface area (Å²) < 4.78 is 4.98. The van der Waals surface area contributed by atoms with Gasteiger partial charge in [-0.1, -0.05) is 12.1 Å². The third-order valence-electron chi connectivity index (χ3n) is 4.39. The number of amides is 2. The number of likely N-dealkylation sites (tertiary alicyclic amines) is 1. The number of hydrogen-bond donors (Lipinski definition) is 2. The largest absolute Gasteiger partial charge is 0.450 e. The van der Waals surface area contributed by atoms with Gasteiger partial charge in [-0.2, -0.15) is 0 Å². The van der Waals surface area contributed by atoms with Gasteiger partial charge in [-0.25, -0.2) is 4.79 Å². The molecule has 1 aliphatic heterocycles. The van der Waals surface area contributed by atoms with Crippen molar-refractivity contribution in [1.82, 2.24) is 15.2 Å². The molecule has 1 saturated heterocycles. The van der Waals surface area contributed by atoms with Crippen LogP contribution in [0.4, 0.5) is 4.79 Å². The molecule has 0 atom stereocenters. The van der Waals surface area contributed by atoms with E-state index in [0.717, 1.165) is 0 Å². The van der Waals surface area contributed by atoms with Crippen LogP contribution in [0.5, 0.6) is 0 Å². The SMILES string of the molecule is CCOC(=O)N1CCC(NC(=O)c2c[nH]c3ccccc3c2=O)CC1. The van der Waals surface area contributed by atoms with E-state index in [1.807, 2.05) is 6.07 Å². The van der Waals surface area contributed by atoms with Crippen LogP contribution in [0.2, 0.25) is 0 Å². The summed E-state index contributed by atoms with van der Waals surface area (Å²) in [6, 6.07) is 7.02. The van der Waals surface area contributed by atoms with Crippen molar-refractivity contribution in [2.45, 2.75) is 25.8 Å². The quantitative estimate of drug-likeness (QED) is 0.890. The molecule has 2 aromatic rings. The van der Waals surface area contributed by atoms with Gasteiger partial charge in [0.1, 0.15) is 5.56 Å².